The molecule has 2 nitrogen and oxygen atoms in total. The first kappa shape index (κ1) is 21.1. The van der Waals surface area contributed by atoms with E-state index in [0.29, 0.717) is 18.3 Å². The Morgan fingerprint density at radius 2 is 1.62 bits per heavy atom. The van der Waals surface area contributed by atoms with Crippen molar-refractivity contribution in [2.45, 2.75) is 60.8 Å². The molecule has 6 rings (SSSR count). The highest BCUT2D eigenvalue weighted by atomic mass is 16.3. The van der Waals surface area contributed by atoms with Crippen molar-refractivity contribution < 1.29 is 8.83 Å². The van der Waals surface area contributed by atoms with Crippen LogP contribution in [0.3, 0.4) is 0 Å². The van der Waals surface area contributed by atoms with Crippen LogP contribution < -0.4 is 0 Å². The van der Waals surface area contributed by atoms with Gasteiger partial charge in [-0.15, -0.1) is 0 Å². The summed E-state index contributed by atoms with van der Waals surface area (Å²) in [7, 11) is 0. The van der Waals surface area contributed by atoms with Gasteiger partial charge in [-0.05, 0) is 80.5 Å². The van der Waals surface area contributed by atoms with E-state index in [1.165, 1.54) is 44.3 Å². The molecule has 34 heavy (non-hydrogen) atoms. The van der Waals surface area contributed by atoms with Gasteiger partial charge in [0.2, 0.25) is 0 Å². The zero-order chi connectivity index (χ0) is 23.9. The van der Waals surface area contributed by atoms with Crippen LogP contribution in [-0.2, 0) is 6.42 Å². The van der Waals surface area contributed by atoms with Crippen LogP contribution in [0.5, 0.6) is 0 Å². The SMILES string of the molecule is CC1=C(C)C(C)C(C)c2oc3c(C)c(C)c(C4=Cc5c(oc6ccccc56)CC#C4)c(C)c3c21. The Kier molecular flexibility index (Phi) is 4.52. The lowest BCUT2D eigenvalue weighted by Crippen LogP contribution is -2.14. The van der Waals surface area contributed by atoms with E-state index in [1.54, 1.807) is 0 Å². The Morgan fingerprint density at radius 3 is 2.41 bits per heavy atom. The van der Waals surface area contributed by atoms with Gasteiger partial charge in [-0.2, -0.15) is 0 Å². The molecule has 0 saturated heterocycles. The van der Waals surface area contributed by atoms with Crippen LogP contribution in [0.2, 0.25) is 0 Å². The monoisotopic (exact) mass is 446 g/mol. The van der Waals surface area contributed by atoms with Gasteiger partial charge in [-0.25, -0.2) is 0 Å². The van der Waals surface area contributed by atoms with Gasteiger partial charge in [-0.1, -0.05) is 49.5 Å². The molecular weight excluding hydrogens is 416 g/mol. The van der Waals surface area contributed by atoms with Crippen LogP contribution in [0.25, 0.3) is 39.2 Å². The summed E-state index contributed by atoms with van der Waals surface area (Å²) in [6.07, 6.45) is 2.87. The zero-order valence-corrected chi connectivity index (χ0v) is 21.1. The molecule has 2 aromatic heterocycles. The van der Waals surface area contributed by atoms with Crippen molar-refractivity contribution >= 4 is 39.2 Å². The third kappa shape index (κ3) is 2.70. The van der Waals surface area contributed by atoms with Crippen LogP contribution in [-0.4, -0.2) is 0 Å². The molecule has 0 radical (unpaired) electrons. The normalized spacial score (nSPS) is 19.6. The molecule has 4 aromatic rings. The van der Waals surface area contributed by atoms with Crippen molar-refractivity contribution in [1.29, 1.82) is 0 Å². The van der Waals surface area contributed by atoms with Crippen LogP contribution in [0.15, 0.2) is 38.7 Å². The molecule has 0 fully saturated rings. The molecule has 2 atom stereocenters. The standard InChI is InChI=1S/C32H30O2/c1-16-17(2)20(5)31-29(18(16)3)30-22(7)28(19(4)21(6)32(30)34-31)23-11-10-14-27-25(15-23)24-12-8-9-13-26(24)33-27/h8-9,12-13,15,17,20H,14H2,1-7H3. The van der Waals surface area contributed by atoms with Crippen LogP contribution in [0.1, 0.15) is 78.5 Å². The lowest BCUT2D eigenvalue weighted by molar-refractivity contribution is 0.436. The molecule has 0 bridgehead atoms. The molecule has 0 spiro atoms. The van der Waals surface area contributed by atoms with Gasteiger partial charge < -0.3 is 8.83 Å². The van der Waals surface area contributed by atoms with E-state index in [4.69, 9.17) is 8.83 Å². The lowest BCUT2D eigenvalue weighted by Gasteiger charge is -2.27. The smallest absolute Gasteiger partial charge is 0.138 e. The average molecular weight is 447 g/mol. The zero-order valence-electron chi connectivity index (χ0n) is 21.1. The summed E-state index contributed by atoms with van der Waals surface area (Å²) in [5, 5.41) is 2.40. The number of allylic oxidation sites excluding steroid dienone is 3. The van der Waals surface area contributed by atoms with Crippen molar-refractivity contribution in [3.05, 3.63) is 74.7 Å². The van der Waals surface area contributed by atoms with Crippen LogP contribution >= 0.6 is 0 Å². The Labute approximate surface area is 201 Å². The van der Waals surface area contributed by atoms with Crippen LogP contribution in [0, 0.1) is 38.5 Å². The van der Waals surface area contributed by atoms with E-state index in [-0.39, 0.29) is 0 Å². The summed E-state index contributed by atoms with van der Waals surface area (Å²) >= 11 is 0. The second-order valence-corrected chi connectivity index (χ2v) is 10.2. The molecule has 0 amide bonds. The van der Waals surface area contributed by atoms with Gasteiger partial charge in [0.1, 0.15) is 22.7 Å². The summed E-state index contributed by atoms with van der Waals surface area (Å²) in [6, 6.07) is 8.27. The highest BCUT2D eigenvalue weighted by molar-refractivity contribution is 6.06. The summed E-state index contributed by atoms with van der Waals surface area (Å²) in [5.41, 5.74) is 13.2. The fourth-order valence-corrected chi connectivity index (χ4v) is 6.01. The Balaban J connectivity index is 1.68. The van der Waals surface area contributed by atoms with E-state index in [9.17, 15) is 0 Å². The molecule has 0 N–H and O–H groups in total. The highest BCUT2D eigenvalue weighted by Crippen LogP contribution is 2.49. The topological polar surface area (TPSA) is 26.3 Å². The number of benzene rings is 2. The van der Waals surface area contributed by atoms with Crippen molar-refractivity contribution in [1.82, 2.24) is 0 Å². The minimum Gasteiger partial charge on any atom is -0.460 e. The van der Waals surface area contributed by atoms with Crippen LogP contribution in [0.4, 0.5) is 0 Å². The summed E-state index contributed by atoms with van der Waals surface area (Å²) in [6.45, 7) is 15.8. The van der Waals surface area contributed by atoms with E-state index < -0.39 is 0 Å². The van der Waals surface area contributed by atoms with Gasteiger partial charge in [0.15, 0.2) is 0 Å². The molecule has 0 aliphatic heterocycles. The molecular formula is C32H30O2. The molecule has 0 saturated carbocycles. The second kappa shape index (κ2) is 7.28. The van der Waals surface area contributed by atoms with Gasteiger partial charge in [-0.3, -0.25) is 0 Å². The van der Waals surface area contributed by atoms with Gasteiger partial charge >= 0.3 is 0 Å². The first-order valence-corrected chi connectivity index (χ1v) is 12.2. The number of hydrogen-bond acceptors (Lipinski definition) is 2. The van der Waals surface area contributed by atoms with Gasteiger partial charge in [0.05, 0.1) is 6.42 Å². The van der Waals surface area contributed by atoms with Gasteiger partial charge in [0.25, 0.3) is 0 Å². The predicted molar refractivity (Wildman–Crippen MR) is 142 cm³/mol. The largest absolute Gasteiger partial charge is 0.460 e. The Bertz CT molecular complexity index is 1650. The number of aryl methyl sites for hydroxylation is 2. The molecule has 2 unspecified atom stereocenters. The molecule has 2 heteroatoms. The number of fused-ring (bicyclic) bond motifs is 6. The summed E-state index contributed by atoms with van der Waals surface area (Å²) in [5.74, 6) is 9.80. The van der Waals surface area contributed by atoms with E-state index in [2.05, 4.69) is 78.5 Å². The first-order chi connectivity index (χ1) is 16.3. The third-order valence-electron chi connectivity index (χ3n) is 8.52. The van der Waals surface area contributed by atoms with Crippen molar-refractivity contribution in [2.75, 3.05) is 0 Å². The molecule has 2 aromatic carbocycles. The first-order valence-electron chi connectivity index (χ1n) is 12.2. The van der Waals surface area contributed by atoms with Crippen molar-refractivity contribution in [2.24, 2.45) is 5.92 Å². The Hall–Kier alpha value is -3.44. The minimum absolute atomic E-state index is 0.366. The number of furan rings is 2. The molecule has 2 aliphatic rings. The summed E-state index contributed by atoms with van der Waals surface area (Å²) in [4.78, 5) is 0. The van der Waals surface area contributed by atoms with E-state index >= 15 is 0 Å². The predicted octanol–water partition coefficient (Wildman–Crippen LogP) is 8.75. The van der Waals surface area contributed by atoms with Crippen molar-refractivity contribution in [3.63, 3.8) is 0 Å². The lowest BCUT2D eigenvalue weighted by atomic mass is 9.76. The molecule has 170 valence electrons. The number of rotatable bonds is 1. The quantitative estimate of drug-likeness (QED) is 0.273. The maximum Gasteiger partial charge on any atom is 0.138 e. The fourth-order valence-electron chi connectivity index (χ4n) is 6.01. The molecule has 2 heterocycles. The van der Waals surface area contributed by atoms with Gasteiger partial charge in [0, 0.05) is 33.4 Å². The second-order valence-electron chi connectivity index (χ2n) is 10.2. The number of para-hydroxylation sites is 1. The number of hydrogen-bond donors (Lipinski definition) is 0. The summed E-state index contributed by atoms with van der Waals surface area (Å²) < 4.78 is 12.8. The third-order valence-corrected chi connectivity index (χ3v) is 8.52. The van der Waals surface area contributed by atoms with Crippen molar-refractivity contribution in [3.8, 4) is 11.8 Å². The maximum atomic E-state index is 6.65. The Morgan fingerprint density at radius 1 is 0.853 bits per heavy atom. The van der Waals surface area contributed by atoms with E-state index in [1.807, 2.05) is 12.1 Å². The fraction of sp³-hybridized carbons (Fsp3) is 0.312. The molecule has 2 aliphatic carbocycles. The minimum atomic E-state index is 0.366. The average Bonchev–Trinajstić information content (AvgIpc) is 3.33. The maximum absolute atomic E-state index is 6.65. The van der Waals surface area contributed by atoms with E-state index in [0.717, 1.165) is 39.2 Å². The highest BCUT2D eigenvalue weighted by Gasteiger charge is 2.33.